The van der Waals surface area contributed by atoms with Crippen LogP contribution in [-0.2, 0) is 6.54 Å². The van der Waals surface area contributed by atoms with Crippen LogP contribution in [0, 0.1) is 13.8 Å². The quantitative estimate of drug-likeness (QED) is 0.901. The molecule has 0 atom stereocenters. The number of hydrogen-bond acceptors (Lipinski definition) is 2. The summed E-state index contributed by atoms with van der Waals surface area (Å²) >= 11 is 0. The summed E-state index contributed by atoms with van der Waals surface area (Å²) in [5, 5.41) is 19.6. The van der Waals surface area contributed by atoms with E-state index in [1.54, 1.807) is 6.07 Å². The van der Waals surface area contributed by atoms with Crippen LogP contribution >= 0.6 is 0 Å². The van der Waals surface area contributed by atoms with Gasteiger partial charge in [0.05, 0.1) is 12.2 Å². The Bertz CT molecular complexity index is 668. The van der Waals surface area contributed by atoms with E-state index in [1.807, 2.05) is 24.5 Å². The first-order valence-electron chi connectivity index (χ1n) is 6.86. The van der Waals surface area contributed by atoms with E-state index in [9.17, 15) is 15.0 Å². The van der Waals surface area contributed by atoms with Crippen LogP contribution in [0.1, 0.15) is 46.9 Å². The fourth-order valence-electron chi connectivity index (χ4n) is 3.00. The number of aromatic carboxylic acids is 1. The maximum absolute atomic E-state index is 11.3. The van der Waals surface area contributed by atoms with Gasteiger partial charge < -0.3 is 14.8 Å². The number of carboxylic acid groups (broad SMARTS) is 1. The highest BCUT2D eigenvalue weighted by molar-refractivity contribution is 5.97. The molecule has 4 nitrogen and oxygen atoms in total. The lowest BCUT2D eigenvalue weighted by molar-refractivity contribution is 0.0696. The van der Waals surface area contributed by atoms with Crippen LogP contribution in [0.3, 0.4) is 0 Å². The zero-order valence-electron chi connectivity index (χ0n) is 12.4. The van der Waals surface area contributed by atoms with Crippen molar-refractivity contribution >= 4 is 16.9 Å². The number of aliphatic hydroxyl groups excluding tert-OH is 1. The second kappa shape index (κ2) is 5.29. The Hall–Kier alpha value is -1.81. The van der Waals surface area contributed by atoms with E-state index in [4.69, 9.17) is 0 Å². The zero-order valence-corrected chi connectivity index (χ0v) is 12.4. The van der Waals surface area contributed by atoms with E-state index in [0.717, 1.165) is 22.2 Å². The fraction of sp³-hybridized carbons (Fsp3) is 0.438. The number of hydrogen-bond donors (Lipinski definition) is 2. The lowest BCUT2D eigenvalue weighted by Gasteiger charge is -2.08. The first kappa shape index (κ1) is 14.6. The molecule has 4 heteroatoms. The number of carboxylic acids is 1. The summed E-state index contributed by atoms with van der Waals surface area (Å²) in [6.07, 6.45) is 0. The third kappa shape index (κ3) is 2.20. The summed E-state index contributed by atoms with van der Waals surface area (Å²) in [4.78, 5) is 11.3. The van der Waals surface area contributed by atoms with E-state index in [1.165, 1.54) is 5.56 Å². The topological polar surface area (TPSA) is 62.5 Å². The molecule has 0 bridgehead atoms. The minimum Gasteiger partial charge on any atom is -0.478 e. The van der Waals surface area contributed by atoms with Crippen LogP contribution in [0.2, 0.25) is 0 Å². The minimum absolute atomic E-state index is 0.0401. The molecule has 1 aromatic heterocycles. The largest absolute Gasteiger partial charge is 0.478 e. The highest BCUT2D eigenvalue weighted by Crippen LogP contribution is 2.33. The molecule has 0 fully saturated rings. The third-order valence-corrected chi connectivity index (χ3v) is 3.85. The highest BCUT2D eigenvalue weighted by atomic mass is 16.4. The van der Waals surface area contributed by atoms with Gasteiger partial charge in [0, 0.05) is 23.1 Å². The van der Waals surface area contributed by atoms with Crippen LogP contribution in [0.4, 0.5) is 0 Å². The molecular weight excluding hydrogens is 254 g/mol. The zero-order chi connectivity index (χ0) is 15.0. The highest BCUT2D eigenvalue weighted by Gasteiger charge is 2.19. The summed E-state index contributed by atoms with van der Waals surface area (Å²) < 4.78 is 2.01. The predicted octanol–water partition coefficient (Wildman–Crippen LogP) is 3.07. The molecule has 2 N–H and O–H groups in total. The van der Waals surface area contributed by atoms with Crippen molar-refractivity contribution in [2.45, 2.75) is 40.2 Å². The monoisotopic (exact) mass is 275 g/mol. The van der Waals surface area contributed by atoms with E-state index < -0.39 is 5.97 Å². The van der Waals surface area contributed by atoms with Crippen LogP contribution in [0.15, 0.2) is 12.1 Å². The van der Waals surface area contributed by atoms with Crippen LogP contribution in [-0.4, -0.2) is 27.4 Å². The normalized spacial score (nSPS) is 11.5. The molecule has 108 valence electrons. The maximum Gasteiger partial charge on any atom is 0.336 e. The molecule has 2 aromatic rings. The smallest absolute Gasteiger partial charge is 0.336 e. The van der Waals surface area contributed by atoms with Crippen LogP contribution < -0.4 is 0 Å². The first-order valence-corrected chi connectivity index (χ1v) is 6.86. The molecule has 0 aliphatic heterocycles. The lowest BCUT2D eigenvalue weighted by atomic mass is 9.97. The SMILES string of the molecule is Cc1cc2c(C(C)C)c(C)n(CCO)c2cc1C(=O)O. The van der Waals surface area contributed by atoms with Gasteiger partial charge in [-0.2, -0.15) is 0 Å². The summed E-state index contributed by atoms with van der Waals surface area (Å²) in [7, 11) is 0. The molecule has 2 rings (SSSR count). The van der Waals surface area contributed by atoms with Gasteiger partial charge in [-0.05, 0) is 43.0 Å². The van der Waals surface area contributed by atoms with Gasteiger partial charge in [0.1, 0.15) is 0 Å². The van der Waals surface area contributed by atoms with Gasteiger partial charge in [-0.25, -0.2) is 4.79 Å². The molecule has 1 heterocycles. The van der Waals surface area contributed by atoms with Gasteiger partial charge in [0.2, 0.25) is 0 Å². The number of fused-ring (bicyclic) bond motifs is 1. The van der Waals surface area contributed by atoms with Crippen molar-refractivity contribution in [3.8, 4) is 0 Å². The Balaban J connectivity index is 2.86. The Morgan fingerprint density at radius 2 is 1.95 bits per heavy atom. The number of nitrogens with zero attached hydrogens (tertiary/aromatic N) is 1. The second-order valence-corrected chi connectivity index (χ2v) is 5.52. The summed E-state index contributed by atoms with van der Waals surface area (Å²) in [6, 6.07) is 3.68. The minimum atomic E-state index is -0.912. The number of aromatic nitrogens is 1. The van der Waals surface area contributed by atoms with Crippen LogP contribution in [0.5, 0.6) is 0 Å². The van der Waals surface area contributed by atoms with Crippen molar-refractivity contribution in [3.05, 3.63) is 34.5 Å². The molecule has 0 aliphatic rings. The van der Waals surface area contributed by atoms with Crippen molar-refractivity contribution in [1.29, 1.82) is 0 Å². The fourth-order valence-corrected chi connectivity index (χ4v) is 3.00. The third-order valence-electron chi connectivity index (χ3n) is 3.85. The van der Waals surface area contributed by atoms with Gasteiger partial charge in [0.25, 0.3) is 0 Å². The van der Waals surface area contributed by atoms with Crippen molar-refractivity contribution in [2.75, 3.05) is 6.61 Å². The molecule has 0 aliphatic carbocycles. The molecule has 0 saturated carbocycles. The summed E-state index contributed by atoms with van der Waals surface area (Å²) in [5.41, 5.74) is 4.32. The molecule has 0 saturated heterocycles. The van der Waals surface area contributed by atoms with Crippen LogP contribution in [0.25, 0.3) is 10.9 Å². The lowest BCUT2D eigenvalue weighted by Crippen LogP contribution is -2.05. The van der Waals surface area contributed by atoms with E-state index in [0.29, 0.717) is 18.0 Å². The number of aliphatic hydroxyl groups is 1. The average molecular weight is 275 g/mol. The molecule has 20 heavy (non-hydrogen) atoms. The Kier molecular flexibility index (Phi) is 3.86. The summed E-state index contributed by atoms with van der Waals surface area (Å²) in [5.74, 6) is -0.558. The van der Waals surface area contributed by atoms with E-state index >= 15 is 0 Å². The van der Waals surface area contributed by atoms with E-state index in [2.05, 4.69) is 13.8 Å². The first-order chi connectivity index (χ1) is 9.38. The molecular formula is C16H21NO3. The van der Waals surface area contributed by atoms with Crippen molar-refractivity contribution < 1.29 is 15.0 Å². The van der Waals surface area contributed by atoms with Crippen molar-refractivity contribution in [3.63, 3.8) is 0 Å². The number of benzene rings is 1. The number of rotatable bonds is 4. The van der Waals surface area contributed by atoms with Gasteiger partial charge in [0.15, 0.2) is 0 Å². The van der Waals surface area contributed by atoms with Crippen molar-refractivity contribution in [1.82, 2.24) is 4.57 Å². The molecule has 0 amide bonds. The average Bonchev–Trinajstić information content (AvgIpc) is 2.61. The van der Waals surface area contributed by atoms with E-state index in [-0.39, 0.29) is 6.61 Å². The van der Waals surface area contributed by atoms with Gasteiger partial charge in [-0.15, -0.1) is 0 Å². The number of aryl methyl sites for hydroxylation is 1. The Labute approximate surface area is 118 Å². The predicted molar refractivity (Wildman–Crippen MR) is 79.5 cm³/mol. The Morgan fingerprint density at radius 3 is 2.45 bits per heavy atom. The Morgan fingerprint density at radius 1 is 1.30 bits per heavy atom. The molecule has 1 aromatic carbocycles. The van der Waals surface area contributed by atoms with Gasteiger partial charge >= 0.3 is 5.97 Å². The maximum atomic E-state index is 11.3. The second-order valence-electron chi connectivity index (χ2n) is 5.52. The summed E-state index contributed by atoms with van der Waals surface area (Å²) in [6.45, 7) is 8.64. The number of carbonyl (C=O) groups is 1. The van der Waals surface area contributed by atoms with Gasteiger partial charge in [-0.3, -0.25) is 0 Å². The van der Waals surface area contributed by atoms with Crippen molar-refractivity contribution in [2.24, 2.45) is 0 Å². The standard InChI is InChI=1S/C16H21NO3/c1-9(2)15-11(4)17(5-6-18)14-8-12(16(19)20)10(3)7-13(14)15/h7-9,18H,5-6H2,1-4H3,(H,19,20). The molecule has 0 spiro atoms. The molecule has 0 unspecified atom stereocenters. The molecule has 0 radical (unpaired) electrons. The van der Waals surface area contributed by atoms with Gasteiger partial charge in [-0.1, -0.05) is 13.8 Å².